The second-order valence-corrected chi connectivity index (χ2v) is 6.04. The highest BCUT2D eigenvalue weighted by molar-refractivity contribution is 9.10. The van der Waals surface area contributed by atoms with Crippen LogP contribution in [-0.4, -0.2) is 24.5 Å². The molecule has 0 radical (unpaired) electrons. The maximum absolute atomic E-state index is 12.5. The third-order valence-corrected chi connectivity index (χ3v) is 4.84. The summed E-state index contributed by atoms with van der Waals surface area (Å²) in [6.45, 7) is 3.27. The first kappa shape index (κ1) is 15.1. The summed E-state index contributed by atoms with van der Waals surface area (Å²) < 4.78 is 6.00. The van der Waals surface area contributed by atoms with Crippen LogP contribution < -0.4 is 4.74 Å². The fourth-order valence-electron chi connectivity index (χ4n) is 1.87. The SMILES string of the molecule is CCN(Cc1ccc(OC)cc1)C(=O)c1sccc1Br. The van der Waals surface area contributed by atoms with Gasteiger partial charge in [-0.15, -0.1) is 11.3 Å². The zero-order valence-electron chi connectivity index (χ0n) is 11.4. The van der Waals surface area contributed by atoms with Crippen LogP contribution in [0.3, 0.4) is 0 Å². The molecular formula is C15H16BrNO2S. The average Bonchev–Trinajstić information content (AvgIpc) is 2.91. The number of hydrogen-bond acceptors (Lipinski definition) is 3. The second kappa shape index (κ2) is 6.90. The van der Waals surface area contributed by atoms with Gasteiger partial charge in [-0.2, -0.15) is 0 Å². The second-order valence-electron chi connectivity index (χ2n) is 4.27. The lowest BCUT2D eigenvalue weighted by molar-refractivity contribution is 0.0756. The molecule has 0 aliphatic heterocycles. The van der Waals surface area contributed by atoms with Crippen LogP contribution in [-0.2, 0) is 6.54 Å². The highest BCUT2D eigenvalue weighted by Crippen LogP contribution is 2.25. The molecule has 1 heterocycles. The van der Waals surface area contributed by atoms with Crippen LogP contribution in [0.25, 0.3) is 0 Å². The number of methoxy groups -OCH3 is 1. The molecule has 20 heavy (non-hydrogen) atoms. The van der Waals surface area contributed by atoms with E-state index in [1.165, 1.54) is 11.3 Å². The summed E-state index contributed by atoms with van der Waals surface area (Å²) in [6.07, 6.45) is 0. The van der Waals surface area contributed by atoms with Crippen LogP contribution in [0.4, 0.5) is 0 Å². The third kappa shape index (κ3) is 3.41. The number of ether oxygens (including phenoxy) is 1. The van der Waals surface area contributed by atoms with Crippen LogP contribution in [0.5, 0.6) is 5.75 Å². The molecule has 0 aliphatic carbocycles. The molecule has 0 saturated heterocycles. The van der Waals surface area contributed by atoms with E-state index in [1.54, 1.807) is 7.11 Å². The Kier molecular flexibility index (Phi) is 5.20. The Balaban J connectivity index is 2.12. The van der Waals surface area contributed by atoms with Gasteiger partial charge in [0.25, 0.3) is 5.91 Å². The lowest BCUT2D eigenvalue weighted by Crippen LogP contribution is -2.29. The Labute approximate surface area is 131 Å². The van der Waals surface area contributed by atoms with Gasteiger partial charge in [-0.3, -0.25) is 4.79 Å². The zero-order chi connectivity index (χ0) is 14.5. The minimum Gasteiger partial charge on any atom is -0.497 e. The van der Waals surface area contributed by atoms with Crippen LogP contribution in [0.1, 0.15) is 22.2 Å². The number of amides is 1. The highest BCUT2D eigenvalue weighted by atomic mass is 79.9. The van der Waals surface area contributed by atoms with Crippen molar-refractivity contribution in [3.05, 3.63) is 50.6 Å². The first-order valence-electron chi connectivity index (χ1n) is 6.31. The van der Waals surface area contributed by atoms with Gasteiger partial charge in [0.05, 0.1) is 7.11 Å². The monoisotopic (exact) mass is 353 g/mol. The molecule has 5 heteroatoms. The van der Waals surface area contributed by atoms with E-state index >= 15 is 0 Å². The number of thiophene rings is 1. The van der Waals surface area contributed by atoms with Gasteiger partial charge in [-0.25, -0.2) is 0 Å². The largest absolute Gasteiger partial charge is 0.497 e. The summed E-state index contributed by atoms with van der Waals surface area (Å²) in [6, 6.07) is 9.69. The molecular weight excluding hydrogens is 338 g/mol. The fourth-order valence-corrected chi connectivity index (χ4v) is 3.38. The topological polar surface area (TPSA) is 29.5 Å². The Bertz CT molecular complexity index is 580. The Morgan fingerprint density at radius 2 is 2.00 bits per heavy atom. The highest BCUT2D eigenvalue weighted by Gasteiger charge is 2.18. The first-order valence-corrected chi connectivity index (χ1v) is 7.98. The van der Waals surface area contributed by atoms with E-state index in [0.717, 1.165) is 20.7 Å². The van der Waals surface area contributed by atoms with E-state index in [1.807, 2.05) is 47.5 Å². The smallest absolute Gasteiger partial charge is 0.265 e. The molecule has 0 N–H and O–H groups in total. The number of nitrogens with zero attached hydrogens (tertiary/aromatic N) is 1. The molecule has 3 nitrogen and oxygen atoms in total. The predicted molar refractivity (Wildman–Crippen MR) is 85.4 cm³/mol. The quantitative estimate of drug-likeness (QED) is 0.806. The standard InChI is InChI=1S/C15H16BrNO2S/c1-3-17(15(18)14-13(16)8-9-20-14)10-11-4-6-12(19-2)7-5-11/h4-9H,3,10H2,1-2H3. The minimum atomic E-state index is 0.0604. The number of carbonyl (C=O) groups is 1. The molecule has 0 bridgehead atoms. The summed E-state index contributed by atoms with van der Waals surface area (Å²) in [5.74, 6) is 0.884. The van der Waals surface area contributed by atoms with Crippen molar-refractivity contribution in [3.8, 4) is 5.75 Å². The molecule has 0 atom stereocenters. The molecule has 2 aromatic rings. The molecule has 0 unspecified atom stereocenters. The first-order chi connectivity index (χ1) is 9.65. The van der Waals surface area contributed by atoms with Gasteiger partial charge in [0, 0.05) is 17.6 Å². The van der Waals surface area contributed by atoms with E-state index in [0.29, 0.717) is 13.1 Å². The van der Waals surface area contributed by atoms with Crippen molar-refractivity contribution in [1.82, 2.24) is 4.90 Å². The number of carbonyl (C=O) groups excluding carboxylic acids is 1. The van der Waals surface area contributed by atoms with Gasteiger partial charge in [-0.1, -0.05) is 12.1 Å². The number of halogens is 1. The normalized spacial score (nSPS) is 10.3. The van der Waals surface area contributed by atoms with Gasteiger partial charge in [0.1, 0.15) is 10.6 Å². The lowest BCUT2D eigenvalue weighted by Gasteiger charge is -2.20. The van der Waals surface area contributed by atoms with Crippen LogP contribution >= 0.6 is 27.3 Å². The Morgan fingerprint density at radius 1 is 1.30 bits per heavy atom. The number of hydrogen-bond donors (Lipinski definition) is 0. The molecule has 1 aromatic carbocycles. The molecule has 0 saturated carbocycles. The fraction of sp³-hybridized carbons (Fsp3) is 0.267. The molecule has 0 spiro atoms. The molecule has 106 valence electrons. The Morgan fingerprint density at radius 3 is 2.50 bits per heavy atom. The van der Waals surface area contributed by atoms with Crippen molar-refractivity contribution in [2.24, 2.45) is 0 Å². The van der Waals surface area contributed by atoms with Gasteiger partial charge in [0.2, 0.25) is 0 Å². The van der Waals surface area contributed by atoms with Crippen molar-refractivity contribution in [2.45, 2.75) is 13.5 Å². The van der Waals surface area contributed by atoms with Crippen molar-refractivity contribution in [2.75, 3.05) is 13.7 Å². The van der Waals surface area contributed by atoms with Crippen LogP contribution in [0.15, 0.2) is 40.2 Å². The zero-order valence-corrected chi connectivity index (χ0v) is 13.8. The Hall–Kier alpha value is -1.33. The average molecular weight is 354 g/mol. The molecule has 1 aromatic heterocycles. The van der Waals surface area contributed by atoms with Crippen molar-refractivity contribution in [3.63, 3.8) is 0 Å². The maximum atomic E-state index is 12.5. The van der Waals surface area contributed by atoms with E-state index in [-0.39, 0.29) is 5.91 Å². The summed E-state index contributed by atoms with van der Waals surface area (Å²) in [7, 11) is 1.64. The van der Waals surface area contributed by atoms with Gasteiger partial charge >= 0.3 is 0 Å². The van der Waals surface area contributed by atoms with E-state index < -0.39 is 0 Å². The van der Waals surface area contributed by atoms with Gasteiger partial charge < -0.3 is 9.64 Å². The van der Waals surface area contributed by atoms with Crippen molar-refractivity contribution < 1.29 is 9.53 Å². The maximum Gasteiger partial charge on any atom is 0.265 e. The van der Waals surface area contributed by atoms with Gasteiger partial charge in [-0.05, 0) is 52.0 Å². The van der Waals surface area contributed by atoms with Crippen LogP contribution in [0, 0.1) is 0 Å². The van der Waals surface area contributed by atoms with Gasteiger partial charge in [0.15, 0.2) is 0 Å². The molecule has 0 aliphatic rings. The molecule has 2 rings (SSSR count). The number of benzene rings is 1. The van der Waals surface area contributed by atoms with E-state index in [4.69, 9.17) is 4.74 Å². The summed E-state index contributed by atoms with van der Waals surface area (Å²) in [5, 5.41) is 1.92. The minimum absolute atomic E-state index is 0.0604. The molecule has 0 fully saturated rings. The van der Waals surface area contributed by atoms with Crippen LogP contribution in [0.2, 0.25) is 0 Å². The van der Waals surface area contributed by atoms with Crippen molar-refractivity contribution in [1.29, 1.82) is 0 Å². The summed E-state index contributed by atoms with van der Waals surface area (Å²) in [4.78, 5) is 15.0. The summed E-state index contributed by atoms with van der Waals surface area (Å²) in [5.41, 5.74) is 1.09. The van der Waals surface area contributed by atoms with E-state index in [9.17, 15) is 4.79 Å². The predicted octanol–water partition coefficient (Wildman–Crippen LogP) is 4.18. The number of rotatable bonds is 5. The summed E-state index contributed by atoms with van der Waals surface area (Å²) >= 11 is 4.87. The van der Waals surface area contributed by atoms with E-state index in [2.05, 4.69) is 15.9 Å². The van der Waals surface area contributed by atoms with Crippen molar-refractivity contribution >= 4 is 33.2 Å². The third-order valence-electron chi connectivity index (χ3n) is 3.01. The lowest BCUT2D eigenvalue weighted by atomic mass is 10.2. The molecule has 1 amide bonds.